The standard InChI is InChI=1S/C43H72O4/c1-5-7-9-11-13-15-17-19-21-23-25-38-31-36(3)42(46-29-27-44)40(33-38)35-41-34-39(32-37(4)43(41)47-30-28-45)26-24-22-20-18-16-14-12-10-8-6-2/h31-34,44-45H,5-30,35H2,1-4H3. The zero-order chi connectivity index (χ0) is 34.0. The molecular formula is C43H72O4. The van der Waals surface area contributed by atoms with Crippen molar-refractivity contribution >= 4 is 0 Å². The van der Waals surface area contributed by atoms with Crippen molar-refractivity contribution in [3.8, 4) is 11.5 Å². The maximum atomic E-state index is 9.55. The fraction of sp³-hybridized carbons (Fsp3) is 0.721. The molecule has 2 N–H and O–H groups in total. The van der Waals surface area contributed by atoms with Crippen LogP contribution in [0.1, 0.15) is 176 Å². The maximum Gasteiger partial charge on any atom is 0.125 e. The van der Waals surface area contributed by atoms with Crippen LogP contribution in [-0.2, 0) is 19.3 Å². The van der Waals surface area contributed by atoms with Gasteiger partial charge in [-0.1, -0.05) is 154 Å². The Bertz CT molecular complexity index is 979. The Morgan fingerprint density at radius 2 is 0.766 bits per heavy atom. The first kappa shape index (κ1) is 41.1. The minimum absolute atomic E-state index is 0.00243. The lowest BCUT2D eigenvalue weighted by atomic mass is 9.93. The van der Waals surface area contributed by atoms with Crippen LogP contribution in [0.4, 0.5) is 0 Å². The molecule has 0 aromatic heterocycles. The lowest BCUT2D eigenvalue weighted by Gasteiger charge is -2.20. The number of aryl methyl sites for hydroxylation is 4. The van der Waals surface area contributed by atoms with Gasteiger partial charge in [0.1, 0.15) is 24.7 Å². The highest BCUT2D eigenvalue weighted by Crippen LogP contribution is 2.34. The second-order valence-corrected chi connectivity index (χ2v) is 14.0. The summed E-state index contributed by atoms with van der Waals surface area (Å²) in [7, 11) is 0. The smallest absolute Gasteiger partial charge is 0.125 e. The molecule has 4 nitrogen and oxygen atoms in total. The third-order valence-electron chi connectivity index (χ3n) is 9.52. The lowest BCUT2D eigenvalue weighted by molar-refractivity contribution is 0.198. The molecule has 47 heavy (non-hydrogen) atoms. The van der Waals surface area contributed by atoms with E-state index in [2.05, 4.69) is 52.0 Å². The number of aliphatic hydroxyl groups is 2. The molecule has 0 unspecified atom stereocenters. The molecule has 0 heterocycles. The van der Waals surface area contributed by atoms with Crippen LogP contribution in [0.2, 0.25) is 0 Å². The quantitative estimate of drug-likeness (QED) is 0.0825. The zero-order valence-corrected chi connectivity index (χ0v) is 31.1. The molecule has 2 aromatic rings. The topological polar surface area (TPSA) is 58.9 Å². The third kappa shape index (κ3) is 17.8. The van der Waals surface area contributed by atoms with Crippen molar-refractivity contribution in [3.63, 3.8) is 0 Å². The van der Waals surface area contributed by atoms with Gasteiger partial charge >= 0.3 is 0 Å². The molecule has 0 bridgehead atoms. The molecular weight excluding hydrogens is 580 g/mol. The van der Waals surface area contributed by atoms with Gasteiger partial charge in [-0.15, -0.1) is 0 Å². The van der Waals surface area contributed by atoms with Gasteiger partial charge in [0.2, 0.25) is 0 Å². The van der Waals surface area contributed by atoms with Gasteiger partial charge in [-0.3, -0.25) is 0 Å². The van der Waals surface area contributed by atoms with Gasteiger partial charge in [0.05, 0.1) is 13.2 Å². The molecule has 0 aliphatic rings. The van der Waals surface area contributed by atoms with Crippen molar-refractivity contribution in [2.75, 3.05) is 26.4 Å². The van der Waals surface area contributed by atoms with Crippen LogP contribution in [0.25, 0.3) is 0 Å². The molecule has 0 radical (unpaired) electrons. The average Bonchev–Trinajstić information content (AvgIpc) is 3.06. The van der Waals surface area contributed by atoms with Gasteiger partial charge in [-0.05, 0) is 72.9 Å². The van der Waals surface area contributed by atoms with Gasteiger partial charge in [0.15, 0.2) is 0 Å². The summed E-state index contributed by atoms with van der Waals surface area (Å²) in [6, 6.07) is 9.21. The van der Waals surface area contributed by atoms with Crippen LogP contribution in [0.5, 0.6) is 11.5 Å². The van der Waals surface area contributed by atoms with Crippen molar-refractivity contribution < 1.29 is 19.7 Å². The van der Waals surface area contributed by atoms with Crippen molar-refractivity contribution in [1.82, 2.24) is 0 Å². The summed E-state index contributed by atoms with van der Waals surface area (Å²) in [5.41, 5.74) is 7.31. The Morgan fingerprint density at radius 3 is 1.09 bits per heavy atom. The van der Waals surface area contributed by atoms with Crippen molar-refractivity contribution in [1.29, 1.82) is 0 Å². The molecule has 0 saturated carbocycles. The maximum absolute atomic E-state index is 9.55. The first-order valence-corrected chi connectivity index (χ1v) is 19.8. The van der Waals surface area contributed by atoms with Gasteiger partial charge in [0, 0.05) is 6.42 Å². The molecule has 2 rings (SSSR count). The summed E-state index contributed by atoms with van der Waals surface area (Å²) in [4.78, 5) is 0. The van der Waals surface area contributed by atoms with Gasteiger partial charge in [-0.25, -0.2) is 0 Å². The zero-order valence-electron chi connectivity index (χ0n) is 31.1. The number of hydrogen-bond acceptors (Lipinski definition) is 4. The molecule has 0 aliphatic carbocycles. The fourth-order valence-electron chi connectivity index (χ4n) is 6.95. The average molecular weight is 653 g/mol. The molecule has 0 atom stereocenters. The Hall–Kier alpha value is -2.04. The number of ether oxygens (including phenoxy) is 2. The number of hydrogen-bond donors (Lipinski definition) is 2. The molecule has 0 amide bonds. The van der Waals surface area contributed by atoms with Crippen molar-refractivity contribution in [2.24, 2.45) is 0 Å². The summed E-state index contributed by atoms with van der Waals surface area (Å²) >= 11 is 0. The Kier molecular flexibility index (Phi) is 23.5. The Labute approximate surface area is 290 Å². The van der Waals surface area contributed by atoms with Gasteiger partial charge in [-0.2, -0.15) is 0 Å². The minimum Gasteiger partial charge on any atom is -0.491 e. The van der Waals surface area contributed by atoms with E-state index >= 15 is 0 Å². The second-order valence-electron chi connectivity index (χ2n) is 14.0. The molecule has 0 aliphatic heterocycles. The van der Waals surface area contributed by atoms with E-state index in [0.717, 1.165) is 46.6 Å². The highest BCUT2D eigenvalue weighted by Gasteiger charge is 2.16. The van der Waals surface area contributed by atoms with Gasteiger partial charge in [0.25, 0.3) is 0 Å². The van der Waals surface area contributed by atoms with E-state index in [4.69, 9.17) is 9.47 Å². The first-order valence-electron chi connectivity index (χ1n) is 19.8. The lowest BCUT2D eigenvalue weighted by Crippen LogP contribution is -2.09. The number of rotatable bonds is 30. The molecule has 0 fully saturated rings. The molecule has 0 saturated heterocycles. The van der Waals surface area contributed by atoms with E-state index in [9.17, 15) is 10.2 Å². The molecule has 0 spiro atoms. The summed E-state index contributed by atoms with van der Waals surface area (Å²) in [5, 5.41) is 19.1. The van der Waals surface area contributed by atoms with E-state index in [1.807, 2.05) is 0 Å². The number of unbranched alkanes of at least 4 members (excludes halogenated alkanes) is 18. The van der Waals surface area contributed by atoms with Crippen LogP contribution in [0.15, 0.2) is 24.3 Å². The van der Waals surface area contributed by atoms with E-state index < -0.39 is 0 Å². The second kappa shape index (κ2) is 26.9. The SMILES string of the molecule is CCCCCCCCCCCCc1cc(C)c(OCCO)c(Cc2cc(CCCCCCCCCCCC)cc(C)c2OCCO)c1. The summed E-state index contributed by atoms with van der Waals surface area (Å²) in [6.45, 7) is 9.40. The predicted octanol–water partition coefficient (Wildman–Crippen LogP) is 11.6. The fourth-order valence-corrected chi connectivity index (χ4v) is 6.95. The van der Waals surface area contributed by atoms with E-state index in [1.165, 1.54) is 140 Å². The highest BCUT2D eigenvalue weighted by atomic mass is 16.5. The monoisotopic (exact) mass is 653 g/mol. The van der Waals surface area contributed by atoms with Crippen molar-refractivity contribution in [3.05, 3.63) is 57.6 Å². The first-order chi connectivity index (χ1) is 23.0. The molecule has 4 heteroatoms. The highest BCUT2D eigenvalue weighted by molar-refractivity contribution is 5.51. The van der Waals surface area contributed by atoms with Crippen LogP contribution >= 0.6 is 0 Å². The van der Waals surface area contributed by atoms with Crippen molar-refractivity contribution in [2.45, 2.75) is 175 Å². The Balaban J connectivity index is 2.06. The van der Waals surface area contributed by atoms with E-state index in [-0.39, 0.29) is 26.4 Å². The van der Waals surface area contributed by atoms with Crippen LogP contribution in [0, 0.1) is 13.8 Å². The third-order valence-corrected chi connectivity index (χ3v) is 9.52. The van der Waals surface area contributed by atoms with E-state index in [1.54, 1.807) is 0 Å². The molecule has 2 aromatic carbocycles. The van der Waals surface area contributed by atoms with Crippen LogP contribution < -0.4 is 9.47 Å². The van der Waals surface area contributed by atoms with Gasteiger partial charge < -0.3 is 19.7 Å². The summed E-state index contributed by atoms with van der Waals surface area (Å²) in [6.07, 6.45) is 29.8. The van der Waals surface area contributed by atoms with E-state index in [0.29, 0.717) is 6.42 Å². The predicted molar refractivity (Wildman–Crippen MR) is 201 cm³/mol. The number of aliphatic hydroxyl groups excluding tert-OH is 2. The number of benzene rings is 2. The van der Waals surface area contributed by atoms with Crippen LogP contribution in [0.3, 0.4) is 0 Å². The summed E-state index contributed by atoms with van der Waals surface area (Å²) < 4.78 is 12.3. The molecule has 268 valence electrons. The minimum atomic E-state index is -0.00243. The summed E-state index contributed by atoms with van der Waals surface area (Å²) in [5.74, 6) is 1.77. The largest absolute Gasteiger partial charge is 0.491 e. The normalized spacial score (nSPS) is 11.4. The van der Waals surface area contributed by atoms with Crippen LogP contribution in [-0.4, -0.2) is 36.6 Å². The Morgan fingerprint density at radius 1 is 0.447 bits per heavy atom.